The first kappa shape index (κ1) is 29.4. The van der Waals surface area contributed by atoms with Crippen LogP contribution in [0, 0.1) is 11.7 Å². The van der Waals surface area contributed by atoms with Gasteiger partial charge in [-0.2, -0.15) is 0 Å². The number of amides is 2. The highest BCUT2D eigenvalue weighted by Gasteiger charge is 2.32. The minimum absolute atomic E-state index is 0.00626. The molecule has 11 heteroatoms. The third kappa shape index (κ3) is 8.09. The summed E-state index contributed by atoms with van der Waals surface area (Å²) < 4.78 is 44.8. The molecule has 0 bridgehead atoms. The maximum atomic E-state index is 13.6. The second-order valence-corrected chi connectivity index (χ2v) is 11.1. The summed E-state index contributed by atoms with van der Waals surface area (Å²) in [5.41, 5.74) is 0.772. The molecule has 0 saturated heterocycles. The molecule has 36 heavy (non-hydrogen) atoms. The zero-order valence-corrected chi connectivity index (χ0v) is 22.7. The van der Waals surface area contributed by atoms with E-state index >= 15 is 0 Å². The van der Waals surface area contributed by atoms with Crippen LogP contribution in [0.5, 0.6) is 5.75 Å². The number of hydrogen-bond acceptors (Lipinski definition) is 5. The Bertz CT molecular complexity index is 1160. The molecule has 8 nitrogen and oxygen atoms in total. The molecule has 1 atom stereocenters. The van der Waals surface area contributed by atoms with Gasteiger partial charge in [-0.1, -0.05) is 44.5 Å². The third-order valence-corrected chi connectivity index (χ3v) is 6.88. The number of rotatable bonds is 12. The molecule has 198 valence electrons. The van der Waals surface area contributed by atoms with Crippen LogP contribution in [0.1, 0.15) is 32.8 Å². The zero-order valence-electron chi connectivity index (χ0n) is 21.1. The number of carbonyl (C=O) groups excluding carboxylic acids is 2. The Labute approximate surface area is 217 Å². The first-order valence-corrected chi connectivity index (χ1v) is 13.7. The largest absolute Gasteiger partial charge is 0.495 e. The van der Waals surface area contributed by atoms with E-state index in [1.165, 1.54) is 54.5 Å². The van der Waals surface area contributed by atoms with Crippen molar-refractivity contribution in [2.75, 3.05) is 30.8 Å². The van der Waals surface area contributed by atoms with Gasteiger partial charge in [-0.25, -0.2) is 12.8 Å². The number of ether oxygens (including phenoxy) is 1. The van der Waals surface area contributed by atoms with Crippen molar-refractivity contribution in [2.45, 2.75) is 39.8 Å². The van der Waals surface area contributed by atoms with Gasteiger partial charge in [-0.05, 0) is 48.2 Å². The molecule has 0 radical (unpaired) electrons. The van der Waals surface area contributed by atoms with Crippen LogP contribution in [0.2, 0.25) is 5.02 Å². The molecular formula is C25H33ClFN3O5S. The van der Waals surface area contributed by atoms with E-state index in [4.69, 9.17) is 16.3 Å². The average Bonchev–Trinajstić information content (AvgIpc) is 2.81. The molecule has 0 aliphatic rings. The smallest absolute Gasteiger partial charge is 0.244 e. The van der Waals surface area contributed by atoms with Crippen molar-refractivity contribution in [1.82, 2.24) is 10.2 Å². The van der Waals surface area contributed by atoms with E-state index in [1.54, 1.807) is 6.92 Å². The lowest BCUT2D eigenvalue weighted by Gasteiger charge is -2.33. The number of benzene rings is 2. The molecule has 0 saturated carbocycles. The van der Waals surface area contributed by atoms with Crippen LogP contribution in [-0.2, 0) is 26.2 Å². The molecule has 2 aromatic rings. The summed E-state index contributed by atoms with van der Waals surface area (Å²) in [7, 11) is -2.47. The summed E-state index contributed by atoms with van der Waals surface area (Å²) in [5.74, 6) is -0.819. The van der Waals surface area contributed by atoms with Crippen molar-refractivity contribution in [2.24, 2.45) is 5.92 Å². The van der Waals surface area contributed by atoms with Crippen LogP contribution < -0.4 is 14.4 Å². The number of sulfonamides is 1. The normalized spacial score (nSPS) is 12.2. The van der Waals surface area contributed by atoms with Crippen molar-refractivity contribution < 1.29 is 27.1 Å². The molecule has 2 rings (SSSR count). The van der Waals surface area contributed by atoms with Gasteiger partial charge in [0.15, 0.2) is 0 Å². The Morgan fingerprint density at radius 1 is 1.14 bits per heavy atom. The van der Waals surface area contributed by atoms with Gasteiger partial charge in [-0.3, -0.25) is 13.9 Å². The maximum absolute atomic E-state index is 13.6. The monoisotopic (exact) mass is 541 g/mol. The minimum atomic E-state index is -3.90. The SMILES string of the molecule is CC[C@@H](C(=O)NCC(C)C)N(Cc1ccc(F)cc1)C(=O)CN(c1ccc(OC)c(Cl)c1)S(C)(=O)=O. The van der Waals surface area contributed by atoms with Gasteiger partial charge < -0.3 is 15.0 Å². The van der Waals surface area contributed by atoms with E-state index in [-0.39, 0.29) is 29.1 Å². The van der Waals surface area contributed by atoms with Gasteiger partial charge in [0.2, 0.25) is 21.8 Å². The first-order valence-electron chi connectivity index (χ1n) is 11.5. The fourth-order valence-electron chi connectivity index (χ4n) is 3.55. The molecule has 0 aliphatic heterocycles. The number of nitrogens with one attached hydrogen (secondary N) is 1. The van der Waals surface area contributed by atoms with Crippen molar-refractivity contribution >= 4 is 39.1 Å². The molecule has 0 unspecified atom stereocenters. The highest BCUT2D eigenvalue weighted by molar-refractivity contribution is 7.92. The quantitative estimate of drug-likeness (QED) is 0.440. The lowest BCUT2D eigenvalue weighted by Crippen LogP contribution is -2.52. The summed E-state index contributed by atoms with van der Waals surface area (Å²) in [6.07, 6.45) is 1.28. The molecule has 0 aliphatic carbocycles. The fraction of sp³-hybridized carbons (Fsp3) is 0.440. The first-order chi connectivity index (χ1) is 16.9. The van der Waals surface area contributed by atoms with Gasteiger partial charge >= 0.3 is 0 Å². The highest BCUT2D eigenvalue weighted by Crippen LogP contribution is 2.30. The summed E-state index contributed by atoms with van der Waals surface area (Å²) in [4.78, 5) is 27.9. The minimum Gasteiger partial charge on any atom is -0.495 e. The Morgan fingerprint density at radius 3 is 2.28 bits per heavy atom. The van der Waals surface area contributed by atoms with E-state index < -0.39 is 34.3 Å². The molecule has 1 N–H and O–H groups in total. The van der Waals surface area contributed by atoms with Crippen LogP contribution in [0.3, 0.4) is 0 Å². The average molecular weight is 542 g/mol. The van der Waals surface area contributed by atoms with Crippen molar-refractivity contribution in [3.63, 3.8) is 0 Å². The topological polar surface area (TPSA) is 96.0 Å². The summed E-state index contributed by atoms with van der Waals surface area (Å²) in [6.45, 7) is 5.53. The number of methoxy groups -OCH3 is 1. The molecule has 0 fully saturated rings. The Morgan fingerprint density at radius 2 is 1.78 bits per heavy atom. The van der Waals surface area contributed by atoms with Gasteiger partial charge in [0.05, 0.1) is 24.1 Å². The highest BCUT2D eigenvalue weighted by atomic mass is 35.5. The van der Waals surface area contributed by atoms with E-state index in [0.717, 1.165) is 10.6 Å². The third-order valence-electron chi connectivity index (χ3n) is 5.44. The molecule has 2 amide bonds. The Balaban J connectivity index is 2.44. The molecule has 2 aromatic carbocycles. The van der Waals surface area contributed by atoms with Gasteiger partial charge in [-0.15, -0.1) is 0 Å². The number of carbonyl (C=O) groups is 2. The van der Waals surface area contributed by atoms with Crippen LogP contribution >= 0.6 is 11.6 Å². The van der Waals surface area contributed by atoms with E-state index in [1.807, 2.05) is 13.8 Å². The second kappa shape index (κ2) is 12.9. The summed E-state index contributed by atoms with van der Waals surface area (Å²) in [6, 6.07) is 9.09. The number of halogens is 2. The summed E-state index contributed by atoms with van der Waals surface area (Å²) in [5, 5.41) is 3.02. The summed E-state index contributed by atoms with van der Waals surface area (Å²) >= 11 is 6.19. The zero-order chi connectivity index (χ0) is 27.0. The van der Waals surface area contributed by atoms with Crippen LogP contribution in [0.25, 0.3) is 0 Å². The van der Waals surface area contributed by atoms with Crippen LogP contribution in [0.4, 0.5) is 10.1 Å². The molecule has 0 spiro atoms. The Hall–Kier alpha value is -2.85. The van der Waals surface area contributed by atoms with E-state index in [2.05, 4.69) is 5.32 Å². The van der Waals surface area contributed by atoms with Crippen LogP contribution in [-0.4, -0.2) is 57.6 Å². The molecular weight excluding hydrogens is 509 g/mol. The number of nitrogens with zero attached hydrogens (tertiary/aromatic N) is 2. The van der Waals surface area contributed by atoms with E-state index in [0.29, 0.717) is 24.3 Å². The number of hydrogen-bond donors (Lipinski definition) is 1. The van der Waals surface area contributed by atoms with Crippen molar-refractivity contribution in [3.05, 3.63) is 58.9 Å². The van der Waals surface area contributed by atoms with Gasteiger partial charge in [0.1, 0.15) is 24.2 Å². The van der Waals surface area contributed by atoms with Gasteiger partial charge in [0, 0.05) is 13.1 Å². The van der Waals surface area contributed by atoms with Crippen LogP contribution in [0.15, 0.2) is 42.5 Å². The predicted molar refractivity (Wildman–Crippen MR) is 139 cm³/mol. The lowest BCUT2D eigenvalue weighted by atomic mass is 10.1. The lowest BCUT2D eigenvalue weighted by molar-refractivity contribution is -0.140. The fourth-order valence-corrected chi connectivity index (χ4v) is 4.65. The van der Waals surface area contributed by atoms with Crippen molar-refractivity contribution in [3.8, 4) is 5.75 Å². The van der Waals surface area contributed by atoms with Crippen molar-refractivity contribution in [1.29, 1.82) is 0 Å². The molecule has 0 heterocycles. The maximum Gasteiger partial charge on any atom is 0.244 e. The predicted octanol–water partition coefficient (Wildman–Crippen LogP) is 3.83. The molecule has 0 aromatic heterocycles. The van der Waals surface area contributed by atoms with Gasteiger partial charge in [0.25, 0.3) is 0 Å². The second-order valence-electron chi connectivity index (χ2n) is 8.80. The van der Waals surface area contributed by atoms with E-state index in [9.17, 15) is 22.4 Å². The standard InChI is InChI=1S/C25H33ClFN3O5S/c1-6-22(25(32)28-14-17(2)3)29(15-18-7-9-19(27)10-8-18)24(31)16-30(36(5,33)34)20-11-12-23(35-4)21(26)13-20/h7-13,17,22H,6,14-16H2,1-5H3,(H,28,32)/t22-/m0/s1. The Kier molecular flexibility index (Phi) is 10.5. The number of anilines is 1.